The van der Waals surface area contributed by atoms with E-state index in [1.54, 1.807) is 0 Å². The molecular weight excluding hydrogens is 390 g/mol. The van der Waals surface area contributed by atoms with E-state index in [-0.39, 0.29) is 30.4 Å². The maximum absolute atomic E-state index is 12.6. The highest BCUT2D eigenvalue weighted by Crippen LogP contribution is 2.30. The Labute approximate surface area is 174 Å². The van der Waals surface area contributed by atoms with E-state index in [2.05, 4.69) is 18.6 Å². The highest BCUT2D eigenvalue weighted by atomic mass is 32.2. The first-order chi connectivity index (χ1) is 13.4. The Bertz CT molecular complexity index is 949. The van der Waals surface area contributed by atoms with Gasteiger partial charge in [0.1, 0.15) is 11.3 Å². The summed E-state index contributed by atoms with van der Waals surface area (Å²) in [5.74, 6) is -0.00966. The Morgan fingerprint density at radius 2 is 1.86 bits per heavy atom. The molecule has 3 heterocycles. The van der Waals surface area contributed by atoms with Gasteiger partial charge in [0.15, 0.2) is 5.65 Å². The number of imidazole rings is 1. The van der Waals surface area contributed by atoms with Crippen molar-refractivity contribution >= 4 is 34.6 Å². The van der Waals surface area contributed by atoms with Gasteiger partial charge in [-0.15, -0.1) is 4.72 Å². The van der Waals surface area contributed by atoms with Crippen molar-refractivity contribution in [1.82, 2.24) is 19.0 Å². The van der Waals surface area contributed by atoms with Crippen LogP contribution in [-0.4, -0.2) is 49.1 Å². The SMILES string of the molecule is CC(C)c1cc(N2CC(=O)N(C)C2=O)c2nc([C@@H](C)N[S+]([O-])C(C)(C)C)cn2c1. The molecule has 1 fully saturated rings. The van der Waals surface area contributed by atoms with Crippen LogP contribution in [0.2, 0.25) is 0 Å². The van der Waals surface area contributed by atoms with Gasteiger partial charge in [0.2, 0.25) is 5.91 Å². The van der Waals surface area contributed by atoms with E-state index in [1.165, 1.54) is 11.9 Å². The van der Waals surface area contributed by atoms with Crippen molar-refractivity contribution in [3.8, 4) is 0 Å². The van der Waals surface area contributed by atoms with Crippen molar-refractivity contribution in [3.63, 3.8) is 0 Å². The van der Waals surface area contributed by atoms with E-state index in [0.29, 0.717) is 11.3 Å². The second kappa shape index (κ2) is 7.62. The van der Waals surface area contributed by atoms with Crippen LogP contribution in [0.1, 0.15) is 64.8 Å². The number of nitrogens with zero attached hydrogens (tertiary/aromatic N) is 4. The Hall–Kier alpha value is -2.10. The smallest absolute Gasteiger partial charge is 0.331 e. The number of hydrogen-bond acceptors (Lipinski definition) is 5. The molecule has 2 aromatic rings. The predicted molar refractivity (Wildman–Crippen MR) is 114 cm³/mol. The molecule has 0 bridgehead atoms. The van der Waals surface area contributed by atoms with Gasteiger partial charge in [-0.3, -0.25) is 14.6 Å². The summed E-state index contributed by atoms with van der Waals surface area (Å²) in [4.78, 5) is 31.9. The van der Waals surface area contributed by atoms with Crippen LogP contribution in [-0.2, 0) is 16.2 Å². The van der Waals surface area contributed by atoms with Gasteiger partial charge in [-0.05, 0) is 45.2 Å². The topological polar surface area (TPSA) is 93.0 Å². The van der Waals surface area contributed by atoms with E-state index >= 15 is 0 Å². The van der Waals surface area contributed by atoms with Crippen LogP contribution in [0.15, 0.2) is 18.5 Å². The average molecular weight is 420 g/mol. The minimum absolute atomic E-state index is 0.00339. The number of imide groups is 1. The molecule has 0 saturated carbocycles. The molecule has 1 N–H and O–H groups in total. The highest BCUT2D eigenvalue weighted by molar-refractivity contribution is 7.90. The molecule has 1 aliphatic rings. The zero-order valence-electron chi connectivity index (χ0n) is 18.0. The molecule has 0 aliphatic carbocycles. The first-order valence-electron chi connectivity index (χ1n) is 9.68. The molecule has 1 unspecified atom stereocenters. The molecule has 0 aromatic carbocycles. The van der Waals surface area contributed by atoms with Crippen molar-refractivity contribution < 1.29 is 14.1 Å². The summed E-state index contributed by atoms with van der Waals surface area (Å²) < 4.78 is 17.1. The lowest BCUT2D eigenvalue weighted by Gasteiger charge is -2.25. The number of pyridine rings is 1. The van der Waals surface area contributed by atoms with E-state index in [9.17, 15) is 14.1 Å². The quantitative estimate of drug-likeness (QED) is 0.594. The predicted octanol–water partition coefficient (Wildman–Crippen LogP) is 2.97. The third-order valence-corrected chi connectivity index (χ3v) is 6.68. The van der Waals surface area contributed by atoms with Gasteiger partial charge in [-0.2, -0.15) is 0 Å². The number of amides is 3. The largest absolute Gasteiger partial charge is 0.598 e. The van der Waals surface area contributed by atoms with Crippen molar-refractivity contribution in [2.75, 3.05) is 18.5 Å². The maximum Gasteiger partial charge on any atom is 0.331 e. The highest BCUT2D eigenvalue weighted by Gasteiger charge is 2.36. The summed E-state index contributed by atoms with van der Waals surface area (Å²) >= 11 is -1.24. The van der Waals surface area contributed by atoms with E-state index < -0.39 is 16.1 Å². The molecule has 3 rings (SSSR count). The van der Waals surface area contributed by atoms with Crippen molar-refractivity contribution in [2.45, 2.75) is 58.2 Å². The summed E-state index contributed by atoms with van der Waals surface area (Å²) in [6.45, 7) is 11.8. The number of carbonyl (C=O) groups is 2. The summed E-state index contributed by atoms with van der Waals surface area (Å²) in [5, 5.41) is 0. The lowest BCUT2D eigenvalue weighted by molar-refractivity contribution is -0.123. The number of urea groups is 1. The minimum Gasteiger partial charge on any atom is -0.598 e. The summed E-state index contributed by atoms with van der Waals surface area (Å²) in [6, 6.07) is 1.32. The molecule has 3 amide bonds. The van der Waals surface area contributed by atoms with E-state index in [1.807, 2.05) is 50.6 Å². The maximum atomic E-state index is 12.6. The molecule has 2 atom stereocenters. The summed E-state index contributed by atoms with van der Waals surface area (Å²) in [6.07, 6.45) is 3.87. The van der Waals surface area contributed by atoms with E-state index in [0.717, 1.165) is 16.2 Å². The first-order valence-corrected chi connectivity index (χ1v) is 10.8. The molecule has 1 saturated heterocycles. The molecular formula is C20H29N5O3S. The Morgan fingerprint density at radius 3 is 2.38 bits per heavy atom. The molecule has 0 radical (unpaired) electrons. The summed E-state index contributed by atoms with van der Waals surface area (Å²) in [5.41, 5.74) is 2.95. The van der Waals surface area contributed by atoms with Crippen LogP contribution in [0, 0.1) is 0 Å². The van der Waals surface area contributed by atoms with Crippen LogP contribution in [0.3, 0.4) is 0 Å². The zero-order valence-corrected chi connectivity index (χ0v) is 18.8. The molecule has 0 spiro atoms. The molecule has 29 heavy (non-hydrogen) atoms. The first kappa shape index (κ1) is 21.6. The second-order valence-corrected chi connectivity index (χ2v) is 10.8. The van der Waals surface area contributed by atoms with Crippen LogP contribution < -0.4 is 9.62 Å². The Kier molecular flexibility index (Phi) is 5.68. The van der Waals surface area contributed by atoms with Gasteiger partial charge >= 0.3 is 6.03 Å². The van der Waals surface area contributed by atoms with Gasteiger partial charge in [-0.25, -0.2) is 9.78 Å². The minimum atomic E-state index is -1.24. The van der Waals surface area contributed by atoms with Crippen LogP contribution >= 0.6 is 0 Å². The Morgan fingerprint density at radius 1 is 1.21 bits per heavy atom. The van der Waals surface area contributed by atoms with Gasteiger partial charge in [0.05, 0.1) is 17.4 Å². The third-order valence-electron chi connectivity index (χ3n) is 5.00. The number of carbonyl (C=O) groups excluding carboxylic acids is 2. The molecule has 9 heteroatoms. The number of anilines is 1. The summed E-state index contributed by atoms with van der Waals surface area (Å²) in [7, 11) is 1.49. The normalized spacial score (nSPS) is 17.7. The molecule has 158 valence electrons. The van der Waals surface area contributed by atoms with Crippen LogP contribution in [0.4, 0.5) is 10.5 Å². The zero-order chi connectivity index (χ0) is 21.7. The van der Waals surface area contributed by atoms with Gasteiger partial charge in [-0.1, -0.05) is 13.8 Å². The second-order valence-electron chi connectivity index (χ2n) is 8.75. The van der Waals surface area contributed by atoms with Crippen LogP contribution in [0.5, 0.6) is 0 Å². The number of rotatable bonds is 5. The van der Waals surface area contributed by atoms with Gasteiger partial charge < -0.3 is 8.95 Å². The lowest BCUT2D eigenvalue weighted by Crippen LogP contribution is -2.40. The number of fused-ring (bicyclic) bond motifs is 1. The molecule has 1 aliphatic heterocycles. The standard InChI is InChI=1S/C20H29N5O3S/c1-12(2)14-8-16(25-11-17(26)23(7)19(25)27)18-21-15(10-24(18)9-14)13(3)22-29(28)20(4,5)6/h8-10,12-13,22H,11H2,1-7H3/t13-,29?/m1/s1. The fraction of sp³-hybridized carbons (Fsp3) is 0.550. The van der Waals surface area contributed by atoms with Crippen molar-refractivity contribution in [1.29, 1.82) is 0 Å². The fourth-order valence-corrected chi connectivity index (χ4v) is 3.82. The van der Waals surface area contributed by atoms with Crippen molar-refractivity contribution in [3.05, 3.63) is 29.7 Å². The van der Waals surface area contributed by atoms with E-state index in [4.69, 9.17) is 4.98 Å². The molecule has 8 nitrogen and oxygen atoms in total. The lowest BCUT2D eigenvalue weighted by atomic mass is 10.1. The number of nitrogens with one attached hydrogen (secondary N) is 1. The van der Waals surface area contributed by atoms with Crippen LogP contribution in [0.25, 0.3) is 5.65 Å². The third kappa shape index (κ3) is 4.12. The van der Waals surface area contributed by atoms with Gasteiger partial charge in [0, 0.05) is 30.8 Å². The number of likely N-dealkylation sites (N-methyl/N-ethyl adjacent to an activating group) is 1. The Balaban J connectivity index is 2.05. The fourth-order valence-electron chi connectivity index (χ4n) is 3.03. The van der Waals surface area contributed by atoms with Crippen molar-refractivity contribution in [2.24, 2.45) is 0 Å². The number of hydrogen-bond donors (Lipinski definition) is 1. The molecule has 2 aromatic heterocycles. The van der Waals surface area contributed by atoms with Gasteiger partial charge in [0.25, 0.3) is 0 Å². The average Bonchev–Trinajstić information content (AvgIpc) is 3.17. The monoisotopic (exact) mass is 419 g/mol. The number of aromatic nitrogens is 2.